The molecule has 0 spiro atoms. The van der Waals surface area contributed by atoms with E-state index in [-0.39, 0.29) is 0 Å². The van der Waals surface area contributed by atoms with Crippen molar-refractivity contribution in [2.24, 2.45) is 0 Å². The summed E-state index contributed by atoms with van der Waals surface area (Å²) in [6, 6.07) is 70.0. The molecule has 57 heavy (non-hydrogen) atoms. The summed E-state index contributed by atoms with van der Waals surface area (Å²) in [6.07, 6.45) is 0. The van der Waals surface area contributed by atoms with Gasteiger partial charge in [-0.25, -0.2) is 15.0 Å². The second kappa shape index (κ2) is 13.6. The van der Waals surface area contributed by atoms with E-state index >= 15 is 0 Å². The lowest BCUT2D eigenvalue weighted by Gasteiger charge is -2.14. The molecule has 4 nitrogen and oxygen atoms in total. The molecule has 0 atom stereocenters. The molecule has 0 saturated heterocycles. The van der Waals surface area contributed by atoms with Gasteiger partial charge in [-0.15, -0.1) is 0 Å². The van der Waals surface area contributed by atoms with E-state index in [0.717, 1.165) is 66.3 Å². The van der Waals surface area contributed by atoms with Crippen molar-refractivity contribution in [2.45, 2.75) is 0 Å². The maximum atomic E-state index is 6.19. The van der Waals surface area contributed by atoms with Crippen LogP contribution in [0.2, 0.25) is 0 Å². The number of benzene rings is 9. The molecule has 11 aromatic rings. The highest BCUT2D eigenvalue weighted by Crippen LogP contribution is 2.39. The smallest absolute Gasteiger partial charge is 0.164 e. The molecule has 0 aliphatic carbocycles. The molecule has 0 radical (unpaired) electrons. The van der Waals surface area contributed by atoms with Crippen LogP contribution in [0.3, 0.4) is 0 Å². The standard InChI is InChI=1S/C53H33N3O/c1-3-14-34(15-4-1)42-27-28-43(45-23-10-9-22-44(42)45)37-19-13-20-38(30-37)51-54-52(39-26-29-50-48(32-39)46-24-11-12-25-49(46)57-50)56-53(55-51)40-31-36-18-7-8-21-41(36)47(33-40)35-16-5-2-6-17-35/h1-33H. The van der Waals surface area contributed by atoms with Crippen LogP contribution in [0.4, 0.5) is 0 Å². The fourth-order valence-corrected chi connectivity index (χ4v) is 8.17. The number of fused-ring (bicyclic) bond motifs is 5. The van der Waals surface area contributed by atoms with Gasteiger partial charge in [0.15, 0.2) is 17.5 Å². The van der Waals surface area contributed by atoms with Crippen molar-refractivity contribution in [3.63, 3.8) is 0 Å². The van der Waals surface area contributed by atoms with Crippen LogP contribution in [0.25, 0.3) is 111 Å². The van der Waals surface area contributed by atoms with Gasteiger partial charge in [0.1, 0.15) is 11.2 Å². The SMILES string of the molecule is c1ccc(-c2cc(-c3nc(-c4cccc(-c5ccc(-c6ccccc6)c6ccccc56)c4)nc(-c4ccc5oc6ccccc6c5c4)n3)cc3ccccc23)cc1. The Morgan fingerprint density at radius 3 is 1.49 bits per heavy atom. The minimum atomic E-state index is 0.597. The Morgan fingerprint density at radius 2 is 0.772 bits per heavy atom. The van der Waals surface area contributed by atoms with Crippen molar-refractivity contribution >= 4 is 43.5 Å². The quantitative estimate of drug-likeness (QED) is 0.171. The molecule has 0 aliphatic rings. The summed E-state index contributed by atoms with van der Waals surface area (Å²) in [4.78, 5) is 15.7. The summed E-state index contributed by atoms with van der Waals surface area (Å²) in [7, 11) is 0. The molecular formula is C53H33N3O. The normalized spacial score (nSPS) is 11.5. The van der Waals surface area contributed by atoms with E-state index in [1.807, 2.05) is 30.3 Å². The van der Waals surface area contributed by atoms with Crippen molar-refractivity contribution < 1.29 is 4.42 Å². The first-order valence-electron chi connectivity index (χ1n) is 19.2. The number of hydrogen-bond acceptors (Lipinski definition) is 4. The van der Waals surface area contributed by atoms with Crippen molar-refractivity contribution in [1.29, 1.82) is 0 Å². The first-order chi connectivity index (χ1) is 28.2. The third-order valence-corrected chi connectivity index (χ3v) is 10.9. The van der Waals surface area contributed by atoms with Crippen molar-refractivity contribution in [3.8, 4) is 67.5 Å². The number of para-hydroxylation sites is 1. The summed E-state index contributed by atoms with van der Waals surface area (Å²) < 4.78 is 6.19. The van der Waals surface area contributed by atoms with Crippen molar-refractivity contribution in [2.75, 3.05) is 0 Å². The first kappa shape index (κ1) is 32.7. The van der Waals surface area contributed by atoms with Crippen molar-refractivity contribution in [3.05, 3.63) is 200 Å². The fraction of sp³-hybridized carbons (Fsp3) is 0. The molecule has 0 N–H and O–H groups in total. The molecule has 4 heteroatoms. The average molecular weight is 728 g/mol. The van der Waals surface area contributed by atoms with Crippen LogP contribution in [-0.2, 0) is 0 Å². The molecule has 0 unspecified atom stereocenters. The van der Waals surface area contributed by atoms with Gasteiger partial charge >= 0.3 is 0 Å². The highest BCUT2D eigenvalue weighted by Gasteiger charge is 2.18. The Kier molecular flexibility index (Phi) is 7.78. The highest BCUT2D eigenvalue weighted by molar-refractivity contribution is 6.07. The molecular weight excluding hydrogens is 695 g/mol. The third kappa shape index (κ3) is 5.83. The molecule has 266 valence electrons. The van der Waals surface area contributed by atoms with Gasteiger partial charge in [0.2, 0.25) is 0 Å². The van der Waals surface area contributed by atoms with Crippen LogP contribution in [0, 0.1) is 0 Å². The highest BCUT2D eigenvalue weighted by atomic mass is 16.3. The lowest BCUT2D eigenvalue weighted by Crippen LogP contribution is -2.01. The van der Waals surface area contributed by atoms with Gasteiger partial charge in [-0.3, -0.25) is 0 Å². The molecule has 11 rings (SSSR count). The van der Waals surface area contributed by atoms with Crippen LogP contribution >= 0.6 is 0 Å². The Bertz CT molecular complexity index is 3300. The summed E-state index contributed by atoms with van der Waals surface area (Å²) in [5.41, 5.74) is 11.3. The molecule has 0 fully saturated rings. The van der Waals surface area contributed by atoms with Crippen LogP contribution in [0.5, 0.6) is 0 Å². The monoisotopic (exact) mass is 727 g/mol. The van der Waals surface area contributed by atoms with E-state index in [2.05, 4.69) is 170 Å². The first-order valence-corrected chi connectivity index (χ1v) is 19.2. The Labute approximate surface area is 329 Å². The topological polar surface area (TPSA) is 51.8 Å². The number of hydrogen-bond donors (Lipinski definition) is 0. The number of nitrogens with zero attached hydrogens (tertiary/aromatic N) is 3. The minimum absolute atomic E-state index is 0.597. The minimum Gasteiger partial charge on any atom is -0.456 e. The Balaban J connectivity index is 1.11. The lowest BCUT2D eigenvalue weighted by atomic mass is 9.91. The van der Waals surface area contributed by atoms with Crippen LogP contribution in [0.15, 0.2) is 205 Å². The lowest BCUT2D eigenvalue weighted by molar-refractivity contribution is 0.669. The van der Waals surface area contributed by atoms with Crippen LogP contribution < -0.4 is 0 Å². The fourth-order valence-electron chi connectivity index (χ4n) is 8.17. The maximum Gasteiger partial charge on any atom is 0.164 e. The molecule has 2 heterocycles. The van der Waals surface area contributed by atoms with E-state index in [4.69, 9.17) is 19.4 Å². The van der Waals surface area contributed by atoms with Gasteiger partial charge in [-0.2, -0.15) is 0 Å². The second-order valence-corrected chi connectivity index (χ2v) is 14.4. The Hall–Kier alpha value is -7.69. The van der Waals surface area contributed by atoms with Crippen LogP contribution in [-0.4, -0.2) is 15.0 Å². The zero-order valence-electron chi connectivity index (χ0n) is 30.8. The van der Waals surface area contributed by atoms with E-state index in [0.29, 0.717) is 17.5 Å². The molecule has 9 aromatic carbocycles. The predicted molar refractivity (Wildman–Crippen MR) is 235 cm³/mol. The largest absolute Gasteiger partial charge is 0.456 e. The second-order valence-electron chi connectivity index (χ2n) is 14.4. The van der Waals surface area contributed by atoms with E-state index in [9.17, 15) is 0 Å². The van der Waals surface area contributed by atoms with Crippen LogP contribution in [0.1, 0.15) is 0 Å². The molecule has 0 saturated carbocycles. The van der Waals surface area contributed by atoms with Gasteiger partial charge in [0.05, 0.1) is 0 Å². The zero-order valence-corrected chi connectivity index (χ0v) is 30.8. The summed E-state index contributed by atoms with van der Waals surface area (Å²) >= 11 is 0. The molecule has 0 amide bonds. The number of aromatic nitrogens is 3. The summed E-state index contributed by atoms with van der Waals surface area (Å²) in [5, 5.41) is 6.79. The van der Waals surface area contributed by atoms with E-state index < -0.39 is 0 Å². The van der Waals surface area contributed by atoms with Gasteiger partial charge in [0, 0.05) is 27.5 Å². The van der Waals surface area contributed by atoms with Crippen molar-refractivity contribution in [1.82, 2.24) is 15.0 Å². The predicted octanol–water partition coefficient (Wildman–Crippen LogP) is 14.1. The molecule has 0 aliphatic heterocycles. The zero-order chi connectivity index (χ0) is 37.7. The third-order valence-electron chi connectivity index (χ3n) is 10.9. The summed E-state index contributed by atoms with van der Waals surface area (Å²) in [5.74, 6) is 1.81. The van der Waals surface area contributed by atoms with E-state index in [1.165, 1.54) is 27.3 Å². The average Bonchev–Trinajstić information content (AvgIpc) is 3.67. The van der Waals surface area contributed by atoms with Gasteiger partial charge in [-0.05, 0) is 97.4 Å². The van der Waals surface area contributed by atoms with Gasteiger partial charge in [0.25, 0.3) is 0 Å². The number of furan rings is 1. The Morgan fingerprint density at radius 1 is 0.263 bits per heavy atom. The maximum absolute atomic E-state index is 6.19. The van der Waals surface area contributed by atoms with Gasteiger partial charge < -0.3 is 4.42 Å². The van der Waals surface area contributed by atoms with Gasteiger partial charge in [-0.1, -0.05) is 158 Å². The molecule has 0 bridgehead atoms. The molecule has 2 aromatic heterocycles. The number of rotatable bonds is 6. The summed E-state index contributed by atoms with van der Waals surface area (Å²) in [6.45, 7) is 0. The van der Waals surface area contributed by atoms with E-state index in [1.54, 1.807) is 0 Å².